The number of hydrogen-bond donors (Lipinski definition) is 6. The summed E-state index contributed by atoms with van der Waals surface area (Å²) in [5, 5.41) is 17.3. The third-order valence-electron chi connectivity index (χ3n) is 3.80. The molecule has 7 N–H and O–H groups in total. The van der Waals surface area contributed by atoms with Crippen LogP contribution in [0.4, 0.5) is 4.79 Å². The number of amides is 5. The molecule has 1 aromatic carbocycles. The molecule has 0 spiro atoms. The van der Waals surface area contributed by atoms with Crippen molar-refractivity contribution in [1.29, 1.82) is 0 Å². The molecule has 1 atom stereocenters. The predicted molar refractivity (Wildman–Crippen MR) is 109 cm³/mol. The third kappa shape index (κ3) is 11.7. The summed E-state index contributed by atoms with van der Waals surface area (Å²) in [5.74, 6) is -4.27. The minimum Gasteiger partial charge on any atom is -0.480 e. The van der Waals surface area contributed by atoms with E-state index in [-0.39, 0.29) is 19.4 Å². The van der Waals surface area contributed by atoms with Crippen LogP contribution in [0.3, 0.4) is 0 Å². The van der Waals surface area contributed by atoms with E-state index in [1.165, 1.54) is 0 Å². The smallest absolute Gasteiger partial charge is 0.407 e. The number of hydrogen-bond acceptors (Lipinski definition) is 7. The van der Waals surface area contributed by atoms with E-state index >= 15 is 0 Å². The van der Waals surface area contributed by atoms with Crippen LogP contribution in [0.2, 0.25) is 0 Å². The van der Waals surface area contributed by atoms with Gasteiger partial charge in [0.2, 0.25) is 23.6 Å². The Balaban J connectivity index is 2.47. The Bertz CT molecular complexity index is 830. The predicted octanol–water partition coefficient (Wildman–Crippen LogP) is -2.02. The van der Waals surface area contributed by atoms with Gasteiger partial charge in [0.15, 0.2) is 0 Å². The molecule has 0 aromatic heterocycles. The molecule has 0 aliphatic carbocycles. The van der Waals surface area contributed by atoms with Crippen molar-refractivity contribution < 1.29 is 38.6 Å². The van der Waals surface area contributed by atoms with Gasteiger partial charge in [-0.05, 0) is 12.0 Å². The highest BCUT2D eigenvalue weighted by Crippen LogP contribution is 2.00. The summed E-state index contributed by atoms with van der Waals surface area (Å²) in [7, 11) is 0. The second-order valence-corrected chi connectivity index (χ2v) is 6.43. The van der Waals surface area contributed by atoms with Gasteiger partial charge < -0.3 is 36.8 Å². The Hall–Kier alpha value is -4.16. The number of benzene rings is 1. The highest BCUT2D eigenvalue weighted by molar-refractivity contribution is 5.92. The van der Waals surface area contributed by atoms with Crippen molar-refractivity contribution in [2.45, 2.75) is 25.5 Å². The van der Waals surface area contributed by atoms with Crippen LogP contribution in [0.25, 0.3) is 0 Å². The molecule has 174 valence electrons. The minimum atomic E-state index is -1.26. The number of carbonyl (C=O) groups excluding carboxylic acids is 5. The fraction of sp³-hybridized carbons (Fsp3) is 0.368. The first-order valence-electron chi connectivity index (χ1n) is 9.45. The summed E-state index contributed by atoms with van der Waals surface area (Å²) in [6.07, 6.45) is -1.23. The van der Waals surface area contributed by atoms with Crippen LogP contribution in [0.15, 0.2) is 30.3 Å². The molecule has 5 amide bonds. The summed E-state index contributed by atoms with van der Waals surface area (Å²) in [6, 6.07) is 7.65. The van der Waals surface area contributed by atoms with Crippen LogP contribution in [0.5, 0.6) is 0 Å². The maximum atomic E-state index is 12.2. The monoisotopic (exact) mass is 451 g/mol. The topological polar surface area (TPSA) is 206 Å². The molecule has 0 fully saturated rings. The van der Waals surface area contributed by atoms with E-state index in [9.17, 15) is 28.8 Å². The Morgan fingerprint density at radius 2 is 1.56 bits per heavy atom. The van der Waals surface area contributed by atoms with Gasteiger partial charge in [-0.3, -0.25) is 24.0 Å². The van der Waals surface area contributed by atoms with E-state index in [0.29, 0.717) is 0 Å². The molecule has 0 heterocycles. The first-order chi connectivity index (χ1) is 15.2. The average Bonchev–Trinajstić information content (AvgIpc) is 2.76. The Morgan fingerprint density at radius 1 is 0.906 bits per heavy atom. The van der Waals surface area contributed by atoms with Crippen molar-refractivity contribution in [2.75, 3.05) is 19.6 Å². The highest BCUT2D eigenvalue weighted by atomic mass is 16.5. The van der Waals surface area contributed by atoms with E-state index in [4.69, 9.17) is 15.6 Å². The highest BCUT2D eigenvalue weighted by Gasteiger charge is 2.22. The number of nitrogens with two attached hydrogens (primary N) is 1. The van der Waals surface area contributed by atoms with Crippen molar-refractivity contribution in [2.24, 2.45) is 5.73 Å². The van der Waals surface area contributed by atoms with E-state index in [2.05, 4.69) is 16.0 Å². The van der Waals surface area contributed by atoms with Crippen LogP contribution >= 0.6 is 0 Å². The number of primary amides is 1. The number of carbonyl (C=O) groups is 6. The summed E-state index contributed by atoms with van der Waals surface area (Å²) in [4.78, 5) is 68.9. The fourth-order valence-electron chi connectivity index (χ4n) is 2.25. The summed E-state index contributed by atoms with van der Waals surface area (Å²) in [5.41, 5.74) is 5.82. The maximum absolute atomic E-state index is 12.2. The number of aliphatic carboxylic acids is 1. The van der Waals surface area contributed by atoms with Crippen molar-refractivity contribution in [3.8, 4) is 0 Å². The minimum absolute atomic E-state index is 0.00186. The largest absolute Gasteiger partial charge is 0.480 e. The number of ether oxygens (including phenoxy) is 1. The zero-order valence-electron chi connectivity index (χ0n) is 17.1. The molecular weight excluding hydrogens is 426 g/mol. The molecular formula is C19H25N5O8. The number of rotatable bonds is 13. The molecule has 0 aliphatic rings. The lowest BCUT2D eigenvalue weighted by Gasteiger charge is -2.18. The summed E-state index contributed by atoms with van der Waals surface area (Å²) >= 11 is 0. The van der Waals surface area contributed by atoms with Crippen LogP contribution in [0.1, 0.15) is 18.4 Å². The summed E-state index contributed by atoms with van der Waals surface area (Å²) < 4.78 is 4.96. The normalized spacial score (nSPS) is 10.9. The second-order valence-electron chi connectivity index (χ2n) is 6.43. The van der Waals surface area contributed by atoms with Crippen molar-refractivity contribution >= 4 is 35.7 Å². The molecule has 13 nitrogen and oxygen atoms in total. The van der Waals surface area contributed by atoms with Crippen LogP contribution in [-0.2, 0) is 35.3 Å². The van der Waals surface area contributed by atoms with Crippen molar-refractivity contribution in [3.63, 3.8) is 0 Å². The quantitative estimate of drug-likeness (QED) is 0.197. The summed E-state index contributed by atoms with van der Waals surface area (Å²) in [6.45, 7) is -1.67. The van der Waals surface area contributed by atoms with Gasteiger partial charge in [0.05, 0.1) is 6.54 Å². The number of nitrogens with one attached hydrogen (secondary N) is 4. The van der Waals surface area contributed by atoms with E-state index in [1.807, 2.05) is 5.32 Å². The van der Waals surface area contributed by atoms with Crippen LogP contribution in [0, 0.1) is 0 Å². The Morgan fingerprint density at radius 3 is 2.19 bits per heavy atom. The van der Waals surface area contributed by atoms with Gasteiger partial charge in [0, 0.05) is 6.42 Å². The third-order valence-corrected chi connectivity index (χ3v) is 3.80. The molecule has 0 saturated carbocycles. The Labute approximate surface area is 183 Å². The number of carboxylic acids is 1. The average molecular weight is 451 g/mol. The molecule has 0 unspecified atom stereocenters. The Kier molecular flexibility index (Phi) is 11.3. The van der Waals surface area contributed by atoms with E-state index in [1.54, 1.807) is 30.3 Å². The zero-order valence-corrected chi connectivity index (χ0v) is 17.1. The number of alkyl carbamates (subject to hydrolysis) is 1. The lowest BCUT2D eigenvalue weighted by atomic mass is 10.1. The molecule has 0 bridgehead atoms. The van der Waals surface area contributed by atoms with E-state index in [0.717, 1.165) is 5.56 Å². The maximum Gasteiger partial charge on any atom is 0.407 e. The molecule has 0 aliphatic heterocycles. The van der Waals surface area contributed by atoms with Gasteiger partial charge in [0.1, 0.15) is 25.7 Å². The first-order valence-corrected chi connectivity index (χ1v) is 9.45. The molecule has 13 heteroatoms. The van der Waals surface area contributed by atoms with Gasteiger partial charge in [-0.15, -0.1) is 0 Å². The van der Waals surface area contributed by atoms with Crippen molar-refractivity contribution in [1.82, 2.24) is 21.3 Å². The van der Waals surface area contributed by atoms with Gasteiger partial charge in [0.25, 0.3) is 0 Å². The second kappa shape index (κ2) is 14.0. The van der Waals surface area contributed by atoms with Gasteiger partial charge >= 0.3 is 12.1 Å². The van der Waals surface area contributed by atoms with E-state index < -0.39 is 61.4 Å². The molecule has 0 saturated heterocycles. The van der Waals surface area contributed by atoms with Gasteiger partial charge in [-0.25, -0.2) is 4.79 Å². The lowest BCUT2D eigenvalue weighted by molar-refractivity contribution is -0.138. The van der Waals surface area contributed by atoms with Gasteiger partial charge in [-0.1, -0.05) is 30.3 Å². The SMILES string of the molecule is NC(=O)CC[C@H](NC(=O)CNC(=O)OCc1ccccc1)C(=O)NCC(=O)NCC(=O)O. The molecule has 1 aromatic rings. The lowest BCUT2D eigenvalue weighted by Crippen LogP contribution is -2.51. The first kappa shape index (κ1) is 25.9. The molecule has 0 radical (unpaired) electrons. The van der Waals surface area contributed by atoms with Crippen LogP contribution in [-0.4, -0.2) is 66.5 Å². The van der Waals surface area contributed by atoms with Gasteiger partial charge in [-0.2, -0.15) is 0 Å². The van der Waals surface area contributed by atoms with Crippen LogP contribution < -0.4 is 27.0 Å². The van der Waals surface area contributed by atoms with Crippen molar-refractivity contribution in [3.05, 3.63) is 35.9 Å². The zero-order chi connectivity index (χ0) is 23.9. The fourth-order valence-corrected chi connectivity index (χ4v) is 2.25. The standard InChI is InChI=1S/C19H25N5O8/c20-14(25)7-6-13(18(30)22-8-15(26)21-10-17(28)29)24-16(27)9-23-19(31)32-11-12-4-2-1-3-5-12/h1-5,13H,6-11H2,(H2,20,25)(H,21,26)(H,22,30)(H,23,31)(H,24,27)(H,28,29)/t13-/m0/s1. The number of carboxylic acid groups (broad SMARTS) is 1. The molecule has 1 rings (SSSR count). The molecule has 32 heavy (non-hydrogen) atoms.